The van der Waals surface area contributed by atoms with Gasteiger partial charge in [0, 0.05) is 5.75 Å². The van der Waals surface area contributed by atoms with E-state index in [1.54, 1.807) is 11.8 Å². The number of carbonyl (C=O) groups is 2. The Kier molecular flexibility index (Phi) is 3.61. The summed E-state index contributed by atoms with van der Waals surface area (Å²) in [4.78, 5) is 23.5. The Bertz CT molecular complexity index is 461. The van der Waals surface area contributed by atoms with Crippen molar-refractivity contribution in [2.45, 2.75) is 24.6 Å². The first kappa shape index (κ1) is 13.0. The van der Waals surface area contributed by atoms with Crippen molar-refractivity contribution in [2.75, 3.05) is 5.75 Å². The highest BCUT2D eigenvalue weighted by Gasteiger charge is 2.47. The Hall–Kier alpha value is -1.49. The van der Waals surface area contributed by atoms with Crippen molar-refractivity contribution >= 4 is 23.7 Å². The van der Waals surface area contributed by atoms with Crippen LogP contribution in [0.4, 0.5) is 4.79 Å². The second-order valence-electron chi connectivity index (χ2n) is 4.54. The summed E-state index contributed by atoms with van der Waals surface area (Å²) in [5.41, 5.74) is -0.116. The van der Waals surface area contributed by atoms with Crippen molar-refractivity contribution in [3.05, 3.63) is 35.9 Å². The lowest BCUT2D eigenvalue weighted by atomic mass is 9.92. The van der Waals surface area contributed by atoms with Crippen LogP contribution in [-0.4, -0.2) is 22.9 Å². The molecule has 96 valence electrons. The normalized spacial score (nSPS) is 23.1. The summed E-state index contributed by atoms with van der Waals surface area (Å²) in [6.45, 7) is 4.13. The molecular weight excluding hydrogens is 248 g/mol. The van der Waals surface area contributed by atoms with Crippen molar-refractivity contribution in [2.24, 2.45) is 0 Å². The molecule has 0 bridgehead atoms. The monoisotopic (exact) mass is 264 g/mol. The Balaban J connectivity index is 2.34. The third kappa shape index (κ3) is 2.36. The molecule has 0 aromatic heterocycles. The van der Waals surface area contributed by atoms with Crippen molar-refractivity contribution < 1.29 is 9.59 Å². The van der Waals surface area contributed by atoms with Crippen molar-refractivity contribution in [3.63, 3.8) is 0 Å². The maximum absolute atomic E-state index is 12.1. The van der Waals surface area contributed by atoms with E-state index in [-0.39, 0.29) is 5.91 Å². The number of imide groups is 1. The maximum Gasteiger partial charge on any atom is 0.322 e. The van der Waals surface area contributed by atoms with E-state index in [2.05, 4.69) is 24.5 Å². The molecule has 5 heteroatoms. The number of nitrogens with one attached hydrogen (secondary N) is 2. The van der Waals surface area contributed by atoms with Gasteiger partial charge in [0.15, 0.2) is 5.54 Å². The van der Waals surface area contributed by atoms with Crippen LogP contribution in [0.15, 0.2) is 30.3 Å². The van der Waals surface area contributed by atoms with E-state index < -0.39 is 11.6 Å². The van der Waals surface area contributed by atoms with Gasteiger partial charge in [0.1, 0.15) is 0 Å². The van der Waals surface area contributed by atoms with Gasteiger partial charge in [0.2, 0.25) is 0 Å². The molecule has 0 aliphatic carbocycles. The standard InChI is InChI=1S/C13H16N2O2S/c1-9(2)18-8-13(10-6-4-3-5-7-10)11(16)14-12(17)15-13/h3-7,9H,8H2,1-2H3,(H2,14,15,16,17). The van der Waals surface area contributed by atoms with Gasteiger partial charge in [-0.05, 0) is 10.8 Å². The third-order valence-electron chi connectivity index (χ3n) is 2.84. The molecule has 1 aromatic rings. The van der Waals surface area contributed by atoms with Crippen molar-refractivity contribution in [3.8, 4) is 0 Å². The van der Waals surface area contributed by atoms with E-state index in [4.69, 9.17) is 0 Å². The largest absolute Gasteiger partial charge is 0.322 e. The number of amides is 3. The number of urea groups is 1. The molecule has 0 spiro atoms. The minimum Gasteiger partial charge on any atom is -0.319 e. The number of carbonyl (C=O) groups excluding carboxylic acids is 2. The highest BCUT2D eigenvalue weighted by atomic mass is 32.2. The molecule has 2 rings (SSSR count). The first-order valence-corrected chi connectivity index (χ1v) is 6.90. The highest BCUT2D eigenvalue weighted by Crippen LogP contribution is 2.30. The van der Waals surface area contributed by atoms with Gasteiger partial charge >= 0.3 is 6.03 Å². The molecule has 1 aliphatic rings. The lowest BCUT2D eigenvalue weighted by Gasteiger charge is -2.26. The molecule has 0 saturated carbocycles. The molecule has 1 fully saturated rings. The molecule has 1 aromatic carbocycles. The summed E-state index contributed by atoms with van der Waals surface area (Å²) in [7, 11) is 0. The summed E-state index contributed by atoms with van der Waals surface area (Å²) in [6.07, 6.45) is 0. The van der Waals surface area contributed by atoms with Gasteiger partial charge in [-0.15, -0.1) is 0 Å². The predicted molar refractivity (Wildman–Crippen MR) is 72.4 cm³/mol. The minimum atomic E-state index is -0.937. The Morgan fingerprint density at radius 1 is 1.22 bits per heavy atom. The maximum atomic E-state index is 12.1. The number of benzene rings is 1. The molecule has 2 N–H and O–H groups in total. The molecule has 18 heavy (non-hydrogen) atoms. The van der Waals surface area contributed by atoms with E-state index >= 15 is 0 Å². The van der Waals surface area contributed by atoms with Crippen LogP contribution in [-0.2, 0) is 10.3 Å². The lowest BCUT2D eigenvalue weighted by molar-refractivity contribution is -0.123. The zero-order valence-corrected chi connectivity index (χ0v) is 11.2. The van der Waals surface area contributed by atoms with Gasteiger partial charge in [-0.1, -0.05) is 44.2 Å². The highest BCUT2D eigenvalue weighted by molar-refractivity contribution is 7.99. The quantitative estimate of drug-likeness (QED) is 0.816. The number of rotatable bonds is 4. The van der Waals surface area contributed by atoms with Crippen LogP contribution in [0.1, 0.15) is 19.4 Å². The molecule has 1 unspecified atom stereocenters. The lowest BCUT2D eigenvalue weighted by Crippen LogP contribution is -2.46. The Morgan fingerprint density at radius 2 is 1.89 bits per heavy atom. The van der Waals surface area contributed by atoms with E-state index in [0.29, 0.717) is 11.0 Å². The first-order valence-electron chi connectivity index (χ1n) is 5.85. The Morgan fingerprint density at radius 3 is 2.39 bits per heavy atom. The van der Waals surface area contributed by atoms with Crippen molar-refractivity contribution in [1.82, 2.24) is 10.6 Å². The summed E-state index contributed by atoms with van der Waals surface area (Å²) in [5.74, 6) is 0.263. The summed E-state index contributed by atoms with van der Waals surface area (Å²) in [6, 6.07) is 8.94. The smallest absolute Gasteiger partial charge is 0.319 e. The molecular formula is C13H16N2O2S. The van der Waals surface area contributed by atoms with Crippen LogP contribution in [0.25, 0.3) is 0 Å². The summed E-state index contributed by atoms with van der Waals surface area (Å²) < 4.78 is 0. The fraction of sp³-hybridized carbons (Fsp3) is 0.385. The van der Waals surface area contributed by atoms with E-state index in [1.807, 2.05) is 30.3 Å². The van der Waals surface area contributed by atoms with Crippen LogP contribution >= 0.6 is 11.8 Å². The number of hydrogen-bond acceptors (Lipinski definition) is 3. The molecule has 3 amide bonds. The van der Waals surface area contributed by atoms with Crippen molar-refractivity contribution in [1.29, 1.82) is 0 Å². The second-order valence-corrected chi connectivity index (χ2v) is 6.10. The minimum absolute atomic E-state index is 0.271. The molecule has 1 aliphatic heterocycles. The van der Waals surface area contributed by atoms with Crippen LogP contribution in [0.5, 0.6) is 0 Å². The number of hydrogen-bond donors (Lipinski definition) is 2. The fourth-order valence-electron chi connectivity index (χ4n) is 1.89. The van der Waals surface area contributed by atoms with Gasteiger partial charge in [0.25, 0.3) is 5.91 Å². The average molecular weight is 264 g/mol. The molecule has 1 heterocycles. The van der Waals surface area contributed by atoms with Gasteiger partial charge in [-0.25, -0.2) is 4.79 Å². The predicted octanol–water partition coefficient (Wildman–Crippen LogP) is 1.86. The van der Waals surface area contributed by atoms with Gasteiger partial charge < -0.3 is 5.32 Å². The molecule has 4 nitrogen and oxygen atoms in total. The molecule has 1 saturated heterocycles. The average Bonchev–Trinajstić information content (AvgIpc) is 2.64. The van der Waals surface area contributed by atoms with E-state index in [0.717, 1.165) is 5.56 Å². The van der Waals surface area contributed by atoms with Crippen LogP contribution < -0.4 is 10.6 Å². The summed E-state index contributed by atoms with van der Waals surface area (Å²) >= 11 is 1.65. The topological polar surface area (TPSA) is 58.2 Å². The van der Waals surface area contributed by atoms with Gasteiger partial charge in [0.05, 0.1) is 0 Å². The zero-order chi connectivity index (χ0) is 13.2. The van der Waals surface area contributed by atoms with Crippen LogP contribution in [0, 0.1) is 0 Å². The fourth-order valence-corrected chi connectivity index (χ4v) is 2.85. The summed E-state index contributed by atoms with van der Waals surface area (Å²) in [5, 5.41) is 5.49. The first-order chi connectivity index (χ1) is 8.54. The zero-order valence-electron chi connectivity index (χ0n) is 10.4. The van der Waals surface area contributed by atoms with E-state index in [9.17, 15) is 9.59 Å². The van der Waals surface area contributed by atoms with Crippen LogP contribution in [0.2, 0.25) is 0 Å². The third-order valence-corrected chi connectivity index (χ3v) is 4.11. The SMILES string of the molecule is CC(C)SCC1(c2ccccc2)NC(=O)NC1=O. The van der Waals surface area contributed by atoms with E-state index in [1.165, 1.54) is 0 Å². The Labute approximate surface area is 111 Å². The second kappa shape index (κ2) is 5.02. The molecule has 1 atom stereocenters. The number of thioether (sulfide) groups is 1. The van der Waals surface area contributed by atoms with Gasteiger partial charge in [-0.3, -0.25) is 10.1 Å². The molecule has 0 radical (unpaired) electrons. The van der Waals surface area contributed by atoms with Gasteiger partial charge in [-0.2, -0.15) is 11.8 Å². The van der Waals surface area contributed by atoms with Crippen LogP contribution in [0.3, 0.4) is 0 Å².